The number of rotatable bonds is 5. The van der Waals surface area contributed by atoms with Crippen molar-refractivity contribution in [3.05, 3.63) is 34.1 Å². The monoisotopic (exact) mass is 231 g/mol. The molecular weight excluding hydrogens is 217 g/mol. The van der Waals surface area contributed by atoms with Gasteiger partial charge in [0.15, 0.2) is 0 Å². The number of benzene rings is 1. The molecule has 15 heavy (non-hydrogen) atoms. The number of nitrogens with two attached hydrogens (primary N) is 1. The van der Waals surface area contributed by atoms with Gasteiger partial charge in [0.2, 0.25) is 0 Å². The lowest BCUT2D eigenvalue weighted by Gasteiger charge is -2.07. The highest BCUT2D eigenvalue weighted by atomic mass is 35.5. The molecule has 0 unspecified atom stereocenters. The molecule has 0 spiro atoms. The molecule has 1 aromatic rings. The highest BCUT2D eigenvalue weighted by molar-refractivity contribution is 6.31. The lowest BCUT2D eigenvalue weighted by atomic mass is 10.1. The van der Waals surface area contributed by atoms with E-state index in [1.54, 1.807) is 13.0 Å². The van der Waals surface area contributed by atoms with Gasteiger partial charge in [-0.05, 0) is 30.5 Å². The molecule has 84 valence electrons. The van der Waals surface area contributed by atoms with Gasteiger partial charge in [-0.1, -0.05) is 17.7 Å². The van der Waals surface area contributed by atoms with Crippen molar-refractivity contribution in [3.8, 4) is 0 Å². The molecule has 0 amide bonds. The Kier molecular flexibility index (Phi) is 5.02. The van der Waals surface area contributed by atoms with Crippen LogP contribution in [-0.2, 0) is 11.2 Å². The lowest BCUT2D eigenvalue weighted by Crippen LogP contribution is -2.10. The van der Waals surface area contributed by atoms with Crippen molar-refractivity contribution in [3.63, 3.8) is 0 Å². The SMILES string of the molecule is Cc1cc(CCOCCN)c(Cl)cc1F. The third kappa shape index (κ3) is 3.78. The summed E-state index contributed by atoms with van der Waals surface area (Å²) in [5.41, 5.74) is 6.80. The van der Waals surface area contributed by atoms with Crippen molar-refractivity contribution < 1.29 is 9.13 Å². The number of hydrogen-bond donors (Lipinski definition) is 1. The van der Waals surface area contributed by atoms with Gasteiger partial charge in [-0.25, -0.2) is 4.39 Å². The molecule has 4 heteroatoms. The quantitative estimate of drug-likeness (QED) is 0.790. The smallest absolute Gasteiger partial charge is 0.127 e. The van der Waals surface area contributed by atoms with Crippen LogP contribution in [0.1, 0.15) is 11.1 Å². The average Bonchev–Trinajstić information content (AvgIpc) is 2.20. The second-order valence-electron chi connectivity index (χ2n) is 3.34. The van der Waals surface area contributed by atoms with Crippen molar-refractivity contribution in [2.45, 2.75) is 13.3 Å². The Bertz CT molecular complexity index is 331. The summed E-state index contributed by atoms with van der Waals surface area (Å²) in [4.78, 5) is 0. The second-order valence-corrected chi connectivity index (χ2v) is 3.75. The Balaban J connectivity index is 2.57. The third-order valence-electron chi connectivity index (χ3n) is 2.11. The maximum absolute atomic E-state index is 13.1. The van der Waals surface area contributed by atoms with Crippen LogP contribution in [-0.4, -0.2) is 19.8 Å². The van der Waals surface area contributed by atoms with Crippen molar-refractivity contribution in [1.82, 2.24) is 0 Å². The standard InChI is InChI=1S/C11H15ClFNO/c1-8-6-9(2-4-15-5-3-14)10(12)7-11(8)13/h6-7H,2-5,14H2,1H3. The summed E-state index contributed by atoms with van der Waals surface area (Å²) in [6.45, 7) is 3.33. The van der Waals surface area contributed by atoms with Gasteiger partial charge in [-0.15, -0.1) is 0 Å². The first-order chi connectivity index (χ1) is 7.15. The molecule has 0 aliphatic carbocycles. The van der Waals surface area contributed by atoms with E-state index < -0.39 is 0 Å². The summed E-state index contributed by atoms with van der Waals surface area (Å²) in [6.07, 6.45) is 0.681. The molecule has 1 rings (SSSR count). The highest BCUT2D eigenvalue weighted by Gasteiger charge is 2.05. The summed E-state index contributed by atoms with van der Waals surface area (Å²) in [7, 11) is 0. The molecule has 1 aromatic carbocycles. The van der Waals surface area contributed by atoms with Crippen molar-refractivity contribution in [1.29, 1.82) is 0 Å². The zero-order chi connectivity index (χ0) is 11.3. The van der Waals surface area contributed by atoms with Gasteiger partial charge in [0.1, 0.15) is 5.82 Å². The van der Waals surface area contributed by atoms with E-state index in [-0.39, 0.29) is 5.82 Å². The van der Waals surface area contributed by atoms with Gasteiger partial charge >= 0.3 is 0 Å². The predicted molar refractivity (Wildman–Crippen MR) is 59.7 cm³/mol. The first-order valence-electron chi connectivity index (χ1n) is 4.87. The minimum Gasteiger partial charge on any atom is -0.380 e. The molecule has 0 radical (unpaired) electrons. The average molecular weight is 232 g/mol. The number of ether oxygens (including phenoxy) is 1. The summed E-state index contributed by atoms with van der Waals surface area (Å²) in [5.74, 6) is -0.272. The van der Waals surface area contributed by atoms with E-state index in [0.29, 0.717) is 36.8 Å². The summed E-state index contributed by atoms with van der Waals surface area (Å²) < 4.78 is 18.3. The summed E-state index contributed by atoms with van der Waals surface area (Å²) in [6, 6.07) is 3.10. The summed E-state index contributed by atoms with van der Waals surface area (Å²) in [5, 5.41) is 0.453. The Morgan fingerprint density at radius 2 is 2.13 bits per heavy atom. The molecule has 2 nitrogen and oxygen atoms in total. The lowest BCUT2D eigenvalue weighted by molar-refractivity contribution is 0.144. The molecule has 0 heterocycles. The first-order valence-corrected chi connectivity index (χ1v) is 5.25. The van der Waals surface area contributed by atoms with Crippen LogP contribution in [0.15, 0.2) is 12.1 Å². The number of aryl methyl sites for hydroxylation is 1. The number of hydrogen-bond acceptors (Lipinski definition) is 2. The van der Waals surface area contributed by atoms with E-state index in [1.807, 2.05) is 0 Å². The molecule has 0 aliphatic heterocycles. The fourth-order valence-electron chi connectivity index (χ4n) is 1.28. The predicted octanol–water partition coefficient (Wildman–Crippen LogP) is 2.31. The van der Waals surface area contributed by atoms with Gasteiger partial charge in [0.25, 0.3) is 0 Å². The normalized spacial score (nSPS) is 10.7. The maximum atomic E-state index is 13.1. The van der Waals surface area contributed by atoms with Crippen LogP contribution >= 0.6 is 11.6 Å². The van der Waals surface area contributed by atoms with Crippen molar-refractivity contribution in [2.24, 2.45) is 5.73 Å². The topological polar surface area (TPSA) is 35.2 Å². The first kappa shape index (κ1) is 12.4. The van der Waals surface area contributed by atoms with Crippen LogP contribution in [0.2, 0.25) is 5.02 Å². The number of halogens is 2. The van der Waals surface area contributed by atoms with Crippen LogP contribution in [0.4, 0.5) is 4.39 Å². The molecule has 0 bridgehead atoms. The molecule has 0 fully saturated rings. The molecule has 0 aromatic heterocycles. The van der Waals surface area contributed by atoms with Crippen LogP contribution in [0, 0.1) is 12.7 Å². The van der Waals surface area contributed by atoms with Gasteiger partial charge in [-0.2, -0.15) is 0 Å². The zero-order valence-corrected chi connectivity index (χ0v) is 9.48. The highest BCUT2D eigenvalue weighted by Crippen LogP contribution is 2.20. The maximum Gasteiger partial charge on any atom is 0.127 e. The zero-order valence-electron chi connectivity index (χ0n) is 8.72. The Morgan fingerprint density at radius 1 is 1.40 bits per heavy atom. The van der Waals surface area contributed by atoms with Gasteiger partial charge in [0, 0.05) is 11.6 Å². The van der Waals surface area contributed by atoms with E-state index in [9.17, 15) is 4.39 Å². The van der Waals surface area contributed by atoms with Crippen molar-refractivity contribution >= 4 is 11.6 Å². The van der Waals surface area contributed by atoms with E-state index in [2.05, 4.69) is 0 Å². The molecule has 0 saturated heterocycles. The fraction of sp³-hybridized carbons (Fsp3) is 0.455. The minimum absolute atomic E-state index is 0.272. The Morgan fingerprint density at radius 3 is 2.80 bits per heavy atom. The van der Waals surface area contributed by atoms with Crippen LogP contribution in [0.25, 0.3) is 0 Å². The van der Waals surface area contributed by atoms with Crippen LogP contribution in [0.5, 0.6) is 0 Å². The molecule has 0 saturated carbocycles. The van der Waals surface area contributed by atoms with E-state index in [1.165, 1.54) is 6.07 Å². The van der Waals surface area contributed by atoms with Crippen LogP contribution in [0.3, 0.4) is 0 Å². The van der Waals surface area contributed by atoms with E-state index in [0.717, 1.165) is 5.56 Å². The van der Waals surface area contributed by atoms with E-state index >= 15 is 0 Å². The largest absolute Gasteiger partial charge is 0.380 e. The van der Waals surface area contributed by atoms with Gasteiger partial charge < -0.3 is 10.5 Å². The fourth-order valence-corrected chi connectivity index (χ4v) is 1.52. The summed E-state index contributed by atoms with van der Waals surface area (Å²) >= 11 is 5.89. The molecule has 0 aliphatic rings. The van der Waals surface area contributed by atoms with E-state index in [4.69, 9.17) is 22.1 Å². The Labute approximate surface area is 94.2 Å². The van der Waals surface area contributed by atoms with Crippen LogP contribution < -0.4 is 5.73 Å². The molecular formula is C11H15ClFNO. The molecule has 2 N–H and O–H groups in total. The van der Waals surface area contributed by atoms with Gasteiger partial charge in [-0.3, -0.25) is 0 Å². The third-order valence-corrected chi connectivity index (χ3v) is 2.46. The Hall–Kier alpha value is -0.640. The second kappa shape index (κ2) is 6.05. The minimum atomic E-state index is -0.272. The van der Waals surface area contributed by atoms with Gasteiger partial charge in [0.05, 0.1) is 13.2 Å². The molecule has 0 atom stereocenters. The van der Waals surface area contributed by atoms with Crippen molar-refractivity contribution in [2.75, 3.05) is 19.8 Å².